The first kappa shape index (κ1) is 14.1. The Bertz CT molecular complexity index is 508. The van der Waals surface area contributed by atoms with E-state index in [1.165, 1.54) is 11.3 Å². The maximum atomic E-state index is 12.2. The molecule has 2 aromatic rings. The fourth-order valence-corrected chi connectivity index (χ4v) is 4.36. The molecule has 1 amide bonds. The van der Waals surface area contributed by atoms with Gasteiger partial charge in [0.05, 0.1) is 10.4 Å². The van der Waals surface area contributed by atoms with Gasteiger partial charge in [0.2, 0.25) is 0 Å². The number of halogens is 2. The molecule has 0 unspecified atom stereocenters. The minimum absolute atomic E-state index is 0.0912. The summed E-state index contributed by atoms with van der Waals surface area (Å²) in [5, 5.41) is 4.98. The van der Waals surface area contributed by atoms with E-state index in [-0.39, 0.29) is 5.91 Å². The van der Waals surface area contributed by atoms with Crippen molar-refractivity contribution in [3.8, 4) is 0 Å². The lowest BCUT2D eigenvalue weighted by atomic mass is 10.0. The van der Waals surface area contributed by atoms with Gasteiger partial charge in [-0.1, -0.05) is 6.92 Å². The van der Waals surface area contributed by atoms with Gasteiger partial charge in [-0.2, -0.15) is 0 Å². The van der Waals surface area contributed by atoms with Gasteiger partial charge in [-0.05, 0) is 23.9 Å². The number of nitrogens with one attached hydrogen (secondary N) is 1. The number of hydrogen-bond acceptors (Lipinski definition) is 3. The maximum Gasteiger partial charge on any atom is 0.261 e. The van der Waals surface area contributed by atoms with Crippen molar-refractivity contribution in [2.45, 2.75) is 18.9 Å². The van der Waals surface area contributed by atoms with Crippen molar-refractivity contribution < 1.29 is 4.79 Å². The zero-order valence-electron chi connectivity index (χ0n) is 9.83. The Labute approximate surface area is 124 Å². The monoisotopic (exact) mass is 321 g/mol. The fourth-order valence-electron chi connectivity index (χ4n) is 1.56. The summed E-state index contributed by atoms with van der Waals surface area (Å²) in [7, 11) is 0. The molecule has 0 aliphatic carbocycles. The SMILES string of the molecule is CCC(CCl)(CCl)NC(=O)c1cc2sccc2s1. The molecule has 0 radical (unpaired) electrons. The molecule has 0 aliphatic heterocycles. The first-order valence-corrected chi connectivity index (χ1v) is 8.32. The quantitative estimate of drug-likeness (QED) is 0.816. The Morgan fingerprint density at radius 1 is 1.39 bits per heavy atom. The van der Waals surface area contributed by atoms with Crippen LogP contribution in [0.15, 0.2) is 17.5 Å². The number of thiophene rings is 2. The van der Waals surface area contributed by atoms with Crippen LogP contribution in [0.25, 0.3) is 9.40 Å². The highest BCUT2D eigenvalue weighted by atomic mass is 35.5. The summed E-state index contributed by atoms with van der Waals surface area (Å²) >= 11 is 15.0. The summed E-state index contributed by atoms with van der Waals surface area (Å²) in [5.41, 5.74) is -0.516. The number of alkyl halides is 2. The molecule has 6 heteroatoms. The molecular weight excluding hydrogens is 309 g/mol. The third-order valence-electron chi connectivity index (χ3n) is 2.93. The molecular formula is C12H13Cl2NOS2. The molecule has 98 valence electrons. The molecule has 18 heavy (non-hydrogen) atoms. The first-order chi connectivity index (χ1) is 8.64. The van der Waals surface area contributed by atoms with E-state index in [1.54, 1.807) is 11.3 Å². The van der Waals surface area contributed by atoms with Gasteiger partial charge in [-0.3, -0.25) is 4.79 Å². The lowest BCUT2D eigenvalue weighted by Crippen LogP contribution is -2.51. The maximum absolute atomic E-state index is 12.2. The van der Waals surface area contributed by atoms with Gasteiger partial charge in [0.1, 0.15) is 0 Å². The second-order valence-corrected chi connectivity index (χ2v) is 6.68. The lowest BCUT2D eigenvalue weighted by molar-refractivity contribution is 0.0918. The van der Waals surface area contributed by atoms with Crippen LogP contribution in [0.1, 0.15) is 23.0 Å². The predicted octanol–water partition coefficient (Wildman–Crippen LogP) is 4.32. The van der Waals surface area contributed by atoms with Crippen LogP contribution in [0.4, 0.5) is 0 Å². The molecule has 2 heterocycles. The van der Waals surface area contributed by atoms with Gasteiger partial charge in [0.25, 0.3) is 5.91 Å². The zero-order valence-corrected chi connectivity index (χ0v) is 13.0. The summed E-state index contributed by atoms with van der Waals surface area (Å²) in [6, 6.07) is 3.94. The molecule has 0 spiro atoms. The minimum atomic E-state index is -0.516. The Kier molecular flexibility index (Phi) is 4.54. The van der Waals surface area contributed by atoms with Crippen LogP contribution in [-0.2, 0) is 0 Å². The third kappa shape index (κ3) is 2.67. The highest BCUT2D eigenvalue weighted by Crippen LogP contribution is 2.30. The number of rotatable bonds is 5. The molecule has 0 saturated heterocycles. The summed E-state index contributed by atoms with van der Waals surface area (Å²) in [5.74, 6) is 0.545. The van der Waals surface area contributed by atoms with E-state index in [0.717, 1.165) is 9.40 Å². The molecule has 0 saturated carbocycles. The molecule has 0 atom stereocenters. The largest absolute Gasteiger partial charge is 0.344 e. The Morgan fingerprint density at radius 2 is 2.11 bits per heavy atom. The normalized spacial score (nSPS) is 11.9. The molecule has 0 bridgehead atoms. The number of hydrogen-bond donors (Lipinski definition) is 1. The first-order valence-electron chi connectivity index (χ1n) is 5.55. The van der Waals surface area contributed by atoms with Crippen LogP contribution in [0.3, 0.4) is 0 Å². The van der Waals surface area contributed by atoms with Crippen molar-refractivity contribution in [2.75, 3.05) is 11.8 Å². The molecule has 2 aromatic heterocycles. The predicted molar refractivity (Wildman–Crippen MR) is 81.6 cm³/mol. The van der Waals surface area contributed by atoms with Gasteiger partial charge in [-0.15, -0.1) is 45.9 Å². The lowest BCUT2D eigenvalue weighted by Gasteiger charge is -2.29. The summed E-state index contributed by atoms with van der Waals surface area (Å²) in [6.07, 6.45) is 0.714. The van der Waals surface area contributed by atoms with Crippen molar-refractivity contribution in [1.29, 1.82) is 0 Å². The summed E-state index contributed by atoms with van der Waals surface area (Å²) in [4.78, 5) is 12.9. The van der Waals surface area contributed by atoms with Crippen molar-refractivity contribution >= 4 is 61.2 Å². The molecule has 2 nitrogen and oxygen atoms in total. The highest BCUT2D eigenvalue weighted by Gasteiger charge is 2.29. The van der Waals surface area contributed by atoms with Crippen molar-refractivity contribution in [3.63, 3.8) is 0 Å². The van der Waals surface area contributed by atoms with E-state index in [2.05, 4.69) is 5.32 Å². The summed E-state index contributed by atoms with van der Waals surface area (Å²) in [6.45, 7) is 1.97. The number of carbonyl (C=O) groups is 1. The smallest absolute Gasteiger partial charge is 0.261 e. The van der Waals surface area contributed by atoms with Crippen LogP contribution in [0.2, 0.25) is 0 Å². The van der Waals surface area contributed by atoms with E-state index < -0.39 is 5.54 Å². The third-order valence-corrected chi connectivity index (χ3v) is 6.05. The van der Waals surface area contributed by atoms with E-state index >= 15 is 0 Å². The van der Waals surface area contributed by atoms with Gasteiger partial charge in [0.15, 0.2) is 0 Å². The molecule has 1 N–H and O–H groups in total. The van der Waals surface area contributed by atoms with Crippen molar-refractivity contribution in [1.82, 2.24) is 5.32 Å². The van der Waals surface area contributed by atoms with Crippen molar-refractivity contribution in [3.05, 3.63) is 22.4 Å². The van der Waals surface area contributed by atoms with E-state index in [9.17, 15) is 4.79 Å². The molecule has 2 rings (SSSR count). The second-order valence-electron chi connectivity index (χ2n) is 4.12. The Morgan fingerprint density at radius 3 is 2.67 bits per heavy atom. The standard InChI is InChI=1S/C12H13Cl2NOS2/c1-2-12(6-13,7-14)15-11(16)10-5-9-8(18-10)3-4-17-9/h3-5H,2,6-7H2,1H3,(H,15,16). The van der Waals surface area contributed by atoms with Crippen LogP contribution in [-0.4, -0.2) is 23.2 Å². The van der Waals surface area contributed by atoms with E-state index in [4.69, 9.17) is 23.2 Å². The molecule has 0 aromatic carbocycles. The summed E-state index contributed by atoms with van der Waals surface area (Å²) < 4.78 is 2.29. The fraction of sp³-hybridized carbons (Fsp3) is 0.417. The Balaban J connectivity index is 2.19. The van der Waals surface area contributed by atoms with Crippen LogP contribution in [0.5, 0.6) is 0 Å². The second kappa shape index (κ2) is 5.78. The Hall–Kier alpha value is -0.290. The topological polar surface area (TPSA) is 29.1 Å². The van der Waals surface area contributed by atoms with Gasteiger partial charge >= 0.3 is 0 Å². The van der Waals surface area contributed by atoms with Crippen LogP contribution >= 0.6 is 45.9 Å². The van der Waals surface area contributed by atoms with Gasteiger partial charge < -0.3 is 5.32 Å². The number of fused-ring (bicyclic) bond motifs is 1. The zero-order chi connectivity index (χ0) is 13.2. The van der Waals surface area contributed by atoms with Gasteiger partial charge in [0, 0.05) is 21.2 Å². The molecule has 0 fully saturated rings. The van der Waals surface area contributed by atoms with Crippen LogP contribution in [0, 0.1) is 0 Å². The molecule has 0 aliphatic rings. The van der Waals surface area contributed by atoms with Gasteiger partial charge in [-0.25, -0.2) is 0 Å². The average molecular weight is 322 g/mol. The van der Waals surface area contributed by atoms with Crippen LogP contribution < -0.4 is 5.32 Å². The van der Waals surface area contributed by atoms with E-state index in [1.807, 2.05) is 24.4 Å². The highest BCUT2D eigenvalue weighted by molar-refractivity contribution is 7.27. The minimum Gasteiger partial charge on any atom is -0.344 e. The average Bonchev–Trinajstić information content (AvgIpc) is 2.96. The number of amides is 1. The number of carbonyl (C=O) groups excluding carboxylic acids is 1. The van der Waals surface area contributed by atoms with Crippen molar-refractivity contribution in [2.24, 2.45) is 0 Å². The van der Waals surface area contributed by atoms with E-state index in [0.29, 0.717) is 23.1 Å².